The predicted molar refractivity (Wildman–Crippen MR) is 137 cm³/mol. The van der Waals surface area contributed by atoms with Crippen molar-refractivity contribution < 1.29 is 23.5 Å². The van der Waals surface area contributed by atoms with E-state index in [1.54, 1.807) is 31.3 Å². The number of nitrogens with zero attached hydrogens (tertiary/aromatic N) is 1. The molecule has 0 heterocycles. The minimum Gasteiger partial charge on any atom is -0.493 e. The van der Waals surface area contributed by atoms with Crippen LogP contribution in [0.15, 0.2) is 72.8 Å². The Morgan fingerprint density at radius 3 is 2.22 bits per heavy atom. The summed E-state index contributed by atoms with van der Waals surface area (Å²) in [7, 11) is 3.16. The Kier molecular flexibility index (Phi) is 9.86. The molecule has 3 rings (SSSR count). The molecule has 0 saturated heterocycles. The van der Waals surface area contributed by atoms with Crippen LogP contribution in [0.5, 0.6) is 11.5 Å². The van der Waals surface area contributed by atoms with Crippen LogP contribution in [0.2, 0.25) is 0 Å². The third-order valence-corrected chi connectivity index (χ3v) is 5.89. The molecule has 3 aromatic carbocycles. The van der Waals surface area contributed by atoms with E-state index in [-0.39, 0.29) is 24.2 Å². The van der Waals surface area contributed by atoms with Crippen LogP contribution in [-0.2, 0) is 22.6 Å². The van der Waals surface area contributed by atoms with Gasteiger partial charge in [-0.25, -0.2) is 4.39 Å². The van der Waals surface area contributed by atoms with Crippen LogP contribution in [0.4, 0.5) is 4.39 Å². The second kappa shape index (κ2) is 13.3. The molecule has 2 amide bonds. The van der Waals surface area contributed by atoms with Gasteiger partial charge in [-0.15, -0.1) is 0 Å². The highest BCUT2D eigenvalue weighted by Crippen LogP contribution is 2.28. The molecule has 0 aliphatic rings. The third-order valence-electron chi connectivity index (χ3n) is 5.89. The molecule has 0 fully saturated rings. The van der Waals surface area contributed by atoms with Gasteiger partial charge in [0.25, 0.3) is 0 Å². The van der Waals surface area contributed by atoms with Gasteiger partial charge in [-0.3, -0.25) is 9.59 Å². The Morgan fingerprint density at radius 1 is 0.917 bits per heavy atom. The van der Waals surface area contributed by atoms with Crippen LogP contribution in [0.1, 0.15) is 42.5 Å². The van der Waals surface area contributed by atoms with Gasteiger partial charge < -0.3 is 19.7 Å². The number of hydrogen-bond acceptors (Lipinski definition) is 4. The smallest absolute Gasteiger partial charge is 0.247 e. The molecule has 190 valence electrons. The third kappa shape index (κ3) is 7.07. The first-order valence-electron chi connectivity index (χ1n) is 12.0. The Morgan fingerprint density at radius 2 is 1.58 bits per heavy atom. The fourth-order valence-electron chi connectivity index (χ4n) is 4.04. The second-order valence-electron chi connectivity index (χ2n) is 8.44. The molecule has 0 radical (unpaired) electrons. The summed E-state index contributed by atoms with van der Waals surface area (Å²) in [4.78, 5) is 28.3. The van der Waals surface area contributed by atoms with E-state index in [0.717, 1.165) is 11.1 Å². The lowest BCUT2D eigenvalue weighted by Gasteiger charge is -2.31. The van der Waals surface area contributed by atoms with Crippen LogP contribution in [0, 0.1) is 5.82 Å². The van der Waals surface area contributed by atoms with Gasteiger partial charge in [0.05, 0.1) is 14.2 Å². The highest BCUT2D eigenvalue weighted by molar-refractivity contribution is 5.88. The summed E-state index contributed by atoms with van der Waals surface area (Å²) in [5.74, 6) is 0.510. The van der Waals surface area contributed by atoms with Crippen molar-refractivity contribution in [2.24, 2.45) is 0 Å². The molecule has 0 spiro atoms. The van der Waals surface area contributed by atoms with Crippen molar-refractivity contribution in [1.29, 1.82) is 0 Å². The number of carbonyl (C=O) groups excluding carboxylic acids is 2. The number of ether oxygens (including phenoxy) is 2. The van der Waals surface area contributed by atoms with E-state index >= 15 is 0 Å². The normalized spacial score (nSPS) is 11.4. The summed E-state index contributed by atoms with van der Waals surface area (Å²) in [6.45, 7) is 2.50. The van der Waals surface area contributed by atoms with Gasteiger partial charge in [-0.2, -0.15) is 0 Å². The minimum atomic E-state index is -0.819. The fraction of sp³-hybridized carbons (Fsp3) is 0.310. The first kappa shape index (κ1) is 26.7. The van der Waals surface area contributed by atoms with E-state index < -0.39 is 6.04 Å². The average molecular weight is 493 g/mol. The Labute approximate surface area is 212 Å². The van der Waals surface area contributed by atoms with Crippen molar-refractivity contribution >= 4 is 11.8 Å². The second-order valence-corrected chi connectivity index (χ2v) is 8.44. The molecule has 0 aliphatic heterocycles. The van der Waals surface area contributed by atoms with Crippen molar-refractivity contribution in [3.05, 3.63) is 95.3 Å². The van der Waals surface area contributed by atoms with Gasteiger partial charge in [-0.1, -0.05) is 55.5 Å². The number of benzene rings is 3. The maximum atomic E-state index is 13.5. The molecule has 0 saturated carbocycles. The molecule has 6 nitrogen and oxygen atoms in total. The lowest BCUT2D eigenvalue weighted by Crippen LogP contribution is -2.43. The maximum absolute atomic E-state index is 13.5. The number of carbonyl (C=O) groups is 2. The number of amides is 2. The van der Waals surface area contributed by atoms with E-state index in [1.165, 1.54) is 12.1 Å². The van der Waals surface area contributed by atoms with Gasteiger partial charge in [0.2, 0.25) is 11.8 Å². The predicted octanol–water partition coefficient (Wildman–Crippen LogP) is 5.07. The number of nitrogens with one attached hydrogen (secondary N) is 1. The largest absolute Gasteiger partial charge is 0.493 e. The lowest BCUT2D eigenvalue weighted by molar-refractivity contribution is -0.141. The molecule has 1 N–H and O–H groups in total. The molecule has 0 aromatic heterocycles. The maximum Gasteiger partial charge on any atom is 0.247 e. The van der Waals surface area contributed by atoms with Crippen LogP contribution in [0.3, 0.4) is 0 Å². The molecule has 36 heavy (non-hydrogen) atoms. The summed E-state index contributed by atoms with van der Waals surface area (Å²) in [5, 5.41) is 3.00. The van der Waals surface area contributed by atoms with Crippen molar-refractivity contribution in [3.63, 3.8) is 0 Å². The number of methoxy groups -OCH3 is 2. The Balaban J connectivity index is 1.82. The van der Waals surface area contributed by atoms with Crippen LogP contribution in [-0.4, -0.2) is 37.5 Å². The highest BCUT2D eigenvalue weighted by Gasteiger charge is 2.31. The summed E-state index contributed by atoms with van der Waals surface area (Å²) >= 11 is 0. The molecule has 3 aromatic rings. The van der Waals surface area contributed by atoms with Gasteiger partial charge >= 0.3 is 0 Å². The van der Waals surface area contributed by atoms with Gasteiger partial charge in [0.15, 0.2) is 11.5 Å². The Bertz CT molecular complexity index is 1140. The van der Waals surface area contributed by atoms with E-state index in [2.05, 4.69) is 5.32 Å². The molecular weight excluding hydrogens is 459 g/mol. The molecule has 0 aliphatic carbocycles. The summed E-state index contributed by atoms with van der Waals surface area (Å²) < 4.78 is 24.1. The average Bonchev–Trinajstić information content (AvgIpc) is 2.90. The monoisotopic (exact) mass is 492 g/mol. The van der Waals surface area contributed by atoms with E-state index in [4.69, 9.17) is 9.47 Å². The zero-order valence-electron chi connectivity index (χ0n) is 21.0. The highest BCUT2D eigenvalue weighted by atomic mass is 19.1. The summed E-state index contributed by atoms with van der Waals surface area (Å²) in [6.07, 6.45) is 1.54. The van der Waals surface area contributed by atoms with Crippen molar-refractivity contribution in [2.45, 2.75) is 38.8 Å². The molecule has 7 heteroatoms. The summed E-state index contributed by atoms with van der Waals surface area (Å²) in [5.41, 5.74) is 2.45. The first-order chi connectivity index (χ1) is 17.5. The fourth-order valence-corrected chi connectivity index (χ4v) is 4.04. The van der Waals surface area contributed by atoms with E-state index in [1.807, 2.05) is 55.5 Å². The standard InChI is InChI=1S/C29H33FN2O4/c1-4-8-27(33)32(20-22-11-14-24(30)15-12-22)28(23-9-6-5-7-10-23)29(34)31-18-17-21-13-16-25(35-2)26(19-21)36-3/h5-7,9-16,19,28H,4,8,17-18,20H2,1-3H3,(H,31,34)/t28-/m1/s1. The quantitative estimate of drug-likeness (QED) is 0.383. The van der Waals surface area contributed by atoms with Crippen molar-refractivity contribution in [1.82, 2.24) is 10.2 Å². The van der Waals surface area contributed by atoms with Crippen LogP contribution < -0.4 is 14.8 Å². The first-order valence-corrected chi connectivity index (χ1v) is 12.0. The lowest BCUT2D eigenvalue weighted by atomic mass is 10.0. The minimum absolute atomic E-state index is 0.134. The molecule has 0 bridgehead atoms. The van der Waals surface area contributed by atoms with E-state index in [9.17, 15) is 14.0 Å². The van der Waals surface area contributed by atoms with Crippen LogP contribution in [0.25, 0.3) is 0 Å². The Hall–Kier alpha value is -3.87. The van der Waals surface area contributed by atoms with E-state index in [0.29, 0.717) is 42.9 Å². The van der Waals surface area contributed by atoms with Gasteiger partial charge in [-0.05, 0) is 53.8 Å². The number of rotatable bonds is 12. The van der Waals surface area contributed by atoms with Gasteiger partial charge in [0.1, 0.15) is 11.9 Å². The number of halogens is 1. The van der Waals surface area contributed by atoms with Crippen molar-refractivity contribution in [3.8, 4) is 11.5 Å². The SMILES string of the molecule is CCCC(=O)N(Cc1ccc(F)cc1)[C@@H](C(=O)NCCc1ccc(OC)c(OC)c1)c1ccccc1. The molecule has 0 unspecified atom stereocenters. The van der Waals surface area contributed by atoms with Crippen molar-refractivity contribution in [2.75, 3.05) is 20.8 Å². The van der Waals surface area contributed by atoms with Gasteiger partial charge in [0, 0.05) is 19.5 Å². The number of hydrogen-bond donors (Lipinski definition) is 1. The zero-order chi connectivity index (χ0) is 25.9. The summed E-state index contributed by atoms with van der Waals surface area (Å²) in [6, 6.07) is 20.1. The molecule has 1 atom stereocenters. The zero-order valence-corrected chi connectivity index (χ0v) is 21.0. The van der Waals surface area contributed by atoms with Crippen LogP contribution >= 0.6 is 0 Å². The molecular formula is C29H33FN2O4. The topological polar surface area (TPSA) is 67.9 Å².